The molecule has 4 nitrogen and oxygen atoms in total. The molecular weight excluding hydrogens is 290 g/mol. The van der Waals surface area contributed by atoms with E-state index in [1.54, 1.807) is 28.6 Å². The highest BCUT2D eigenvalue weighted by atomic mass is 32.2. The van der Waals surface area contributed by atoms with Gasteiger partial charge in [0.1, 0.15) is 0 Å². The molecule has 2 rings (SSSR count). The van der Waals surface area contributed by atoms with Crippen molar-refractivity contribution in [2.75, 3.05) is 12.8 Å². The lowest BCUT2D eigenvalue weighted by Crippen LogP contribution is -2.31. The molecule has 0 unspecified atom stereocenters. The Bertz CT molecular complexity index is 571. The van der Waals surface area contributed by atoms with Gasteiger partial charge in [-0.1, -0.05) is 11.8 Å². The summed E-state index contributed by atoms with van der Waals surface area (Å²) in [5, 5.41) is 2.00. The van der Waals surface area contributed by atoms with E-state index in [-0.39, 0.29) is 11.9 Å². The summed E-state index contributed by atoms with van der Waals surface area (Å²) >= 11 is 3.08. The quantitative estimate of drug-likeness (QED) is 0.796. The molecule has 1 amide bonds. The standard InChI is InChI=1S/C14H17N3OS2/c1-10-8-19-14(16-10)20-9-13(18)17(3)11(2)12-4-6-15-7-5-12/h4-8,11H,9H2,1-3H3/t11-/m0/s1. The number of hydrogen-bond acceptors (Lipinski definition) is 5. The fourth-order valence-electron chi connectivity index (χ4n) is 1.71. The van der Waals surface area contributed by atoms with Gasteiger partial charge in [-0.15, -0.1) is 11.3 Å². The predicted octanol–water partition coefficient (Wildman–Crippen LogP) is 3.16. The average molecular weight is 307 g/mol. The third-order valence-electron chi connectivity index (χ3n) is 3.08. The molecule has 2 aromatic rings. The van der Waals surface area contributed by atoms with Crippen molar-refractivity contribution < 1.29 is 4.79 Å². The van der Waals surface area contributed by atoms with Crippen LogP contribution in [0.3, 0.4) is 0 Å². The summed E-state index contributed by atoms with van der Waals surface area (Å²) in [6, 6.07) is 3.92. The van der Waals surface area contributed by atoms with Gasteiger partial charge in [0, 0.05) is 30.5 Å². The summed E-state index contributed by atoms with van der Waals surface area (Å²) in [6.45, 7) is 3.98. The maximum Gasteiger partial charge on any atom is 0.233 e. The maximum atomic E-state index is 12.2. The monoisotopic (exact) mass is 307 g/mol. The fraction of sp³-hybridized carbons (Fsp3) is 0.357. The first-order chi connectivity index (χ1) is 9.58. The molecule has 0 aliphatic heterocycles. The van der Waals surface area contributed by atoms with Crippen LogP contribution >= 0.6 is 23.1 Å². The highest BCUT2D eigenvalue weighted by Gasteiger charge is 2.17. The third-order valence-corrected chi connectivity index (χ3v) is 5.20. The van der Waals surface area contributed by atoms with E-state index >= 15 is 0 Å². The van der Waals surface area contributed by atoms with Crippen LogP contribution in [0.1, 0.15) is 24.2 Å². The van der Waals surface area contributed by atoms with Gasteiger partial charge in [-0.2, -0.15) is 0 Å². The van der Waals surface area contributed by atoms with Gasteiger partial charge in [0.05, 0.1) is 11.8 Å². The molecule has 106 valence electrons. The second kappa shape index (κ2) is 6.85. The minimum Gasteiger partial charge on any atom is -0.338 e. The molecule has 0 bridgehead atoms. The van der Waals surface area contributed by atoms with Crippen LogP contribution in [0.2, 0.25) is 0 Å². The summed E-state index contributed by atoms with van der Waals surface area (Å²) in [6.07, 6.45) is 3.49. The maximum absolute atomic E-state index is 12.2. The largest absolute Gasteiger partial charge is 0.338 e. The smallest absolute Gasteiger partial charge is 0.233 e. The van der Waals surface area contributed by atoms with Gasteiger partial charge in [0.2, 0.25) is 5.91 Å². The van der Waals surface area contributed by atoms with Crippen LogP contribution in [0.4, 0.5) is 0 Å². The molecule has 0 aromatic carbocycles. The molecular formula is C14H17N3OS2. The zero-order valence-corrected chi connectivity index (χ0v) is 13.4. The number of carbonyl (C=O) groups is 1. The Morgan fingerprint density at radius 2 is 2.15 bits per heavy atom. The molecule has 1 atom stereocenters. The summed E-state index contributed by atoms with van der Waals surface area (Å²) < 4.78 is 0.945. The van der Waals surface area contributed by atoms with Crippen LogP contribution in [-0.4, -0.2) is 33.6 Å². The van der Waals surface area contributed by atoms with E-state index in [1.165, 1.54) is 11.8 Å². The lowest BCUT2D eigenvalue weighted by atomic mass is 10.1. The number of nitrogens with zero attached hydrogens (tertiary/aromatic N) is 3. The van der Waals surface area contributed by atoms with Crippen molar-refractivity contribution in [1.29, 1.82) is 0 Å². The molecule has 0 aliphatic rings. The van der Waals surface area contributed by atoms with Gasteiger partial charge >= 0.3 is 0 Å². The van der Waals surface area contributed by atoms with E-state index in [9.17, 15) is 4.79 Å². The van der Waals surface area contributed by atoms with Gasteiger partial charge < -0.3 is 4.90 Å². The number of hydrogen-bond donors (Lipinski definition) is 0. The molecule has 0 saturated heterocycles. The minimum atomic E-state index is 0.0455. The molecule has 0 aliphatic carbocycles. The summed E-state index contributed by atoms with van der Waals surface area (Å²) in [5.74, 6) is 0.519. The van der Waals surface area contributed by atoms with E-state index in [0.29, 0.717) is 5.75 Å². The van der Waals surface area contributed by atoms with Gasteiger partial charge in [-0.3, -0.25) is 9.78 Å². The molecule has 6 heteroatoms. The number of pyridine rings is 1. The van der Waals surface area contributed by atoms with Crippen LogP contribution in [0.5, 0.6) is 0 Å². The summed E-state index contributed by atoms with van der Waals surface area (Å²) in [5.41, 5.74) is 2.09. The average Bonchev–Trinajstić information content (AvgIpc) is 2.89. The first-order valence-electron chi connectivity index (χ1n) is 6.28. The highest BCUT2D eigenvalue weighted by Crippen LogP contribution is 2.24. The van der Waals surface area contributed by atoms with Gasteiger partial charge in [0.15, 0.2) is 4.34 Å². The lowest BCUT2D eigenvalue weighted by Gasteiger charge is -2.25. The number of amides is 1. The first kappa shape index (κ1) is 15.0. The molecule has 20 heavy (non-hydrogen) atoms. The number of aromatic nitrogens is 2. The topological polar surface area (TPSA) is 46.1 Å². The van der Waals surface area contributed by atoms with Crippen molar-refractivity contribution >= 4 is 29.0 Å². The zero-order chi connectivity index (χ0) is 14.5. The van der Waals surface area contributed by atoms with Crippen LogP contribution in [0, 0.1) is 6.92 Å². The Labute approximate surface area is 127 Å². The van der Waals surface area contributed by atoms with E-state index in [2.05, 4.69) is 9.97 Å². The Hall–Kier alpha value is -1.40. The summed E-state index contributed by atoms with van der Waals surface area (Å²) in [7, 11) is 1.83. The number of thioether (sulfide) groups is 1. The first-order valence-corrected chi connectivity index (χ1v) is 8.15. The summed E-state index contributed by atoms with van der Waals surface area (Å²) in [4.78, 5) is 22.3. The number of carbonyl (C=O) groups excluding carboxylic acids is 1. The molecule has 0 radical (unpaired) electrons. The van der Waals surface area contributed by atoms with Crippen LogP contribution in [0.25, 0.3) is 0 Å². The van der Waals surface area contributed by atoms with Gasteiger partial charge in [-0.25, -0.2) is 4.98 Å². The second-order valence-electron chi connectivity index (χ2n) is 4.50. The third kappa shape index (κ3) is 3.80. The molecule has 0 spiro atoms. The van der Waals surface area contributed by atoms with Gasteiger partial charge in [0.25, 0.3) is 0 Å². The second-order valence-corrected chi connectivity index (χ2v) is 6.59. The highest BCUT2D eigenvalue weighted by molar-refractivity contribution is 8.01. The molecule has 2 heterocycles. The van der Waals surface area contributed by atoms with Crippen LogP contribution < -0.4 is 0 Å². The van der Waals surface area contributed by atoms with Crippen molar-refractivity contribution in [3.05, 3.63) is 41.2 Å². The van der Waals surface area contributed by atoms with Crippen molar-refractivity contribution in [3.63, 3.8) is 0 Å². The van der Waals surface area contributed by atoms with Gasteiger partial charge in [-0.05, 0) is 31.5 Å². The lowest BCUT2D eigenvalue weighted by molar-refractivity contribution is -0.128. The van der Waals surface area contributed by atoms with Crippen molar-refractivity contribution in [2.45, 2.75) is 24.2 Å². The molecule has 0 saturated carbocycles. The molecule has 2 aromatic heterocycles. The minimum absolute atomic E-state index is 0.0455. The Morgan fingerprint density at radius 3 is 2.75 bits per heavy atom. The van der Waals surface area contributed by atoms with Crippen molar-refractivity contribution in [1.82, 2.24) is 14.9 Å². The van der Waals surface area contributed by atoms with Crippen molar-refractivity contribution in [2.24, 2.45) is 0 Å². The normalized spacial score (nSPS) is 12.2. The SMILES string of the molecule is Cc1csc(SCC(=O)N(C)[C@@H](C)c2ccncc2)n1. The van der Waals surface area contributed by atoms with Crippen LogP contribution in [0.15, 0.2) is 34.2 Å². The van der Waals surface area contributed by atoms with E-state index < -0.39 is 0 Å². The van der Waals surface area contributed by atoms with Crippen LogP contribution in [-0.2, 0) is 4.79 Å². The zero-order valence-electron chi connectivity index (χ0n) is 11.7. The molecule has 0 fully saturated rings. The van der Waals surface area contributed by atoms with E-state index in [1.807, 2.05) is 38.4 Å². The Morgan fingerprint density at radius 1 is 1.45 bits per heavy atom. The van der Waals surface area contributed by atoms with E-state index in [4.69, 9.17) is 0 Å². The number of rotatable bonds is 5. The number of thiazole rings is 1. The predicted molar refractivity (Wildman–Crippen MR) is 83.0 cm³/mol. The van der Waals surface area contributed by atoms with Crippen molar-refractivity contribution in [3.8, 4) is 0 Å². The van der Waals surface area contributed by atoms with E-state index in [0.717, 1.165) is 15.6 Å². The number of aryl methyl sites for hydroxylation is 1. The molecule has 0 N–H and O–H groups in total. The fourth-order valence-corrected chi connectivity index (χ4v) is 3.48. The Balaban J connectivity index is 1.91. The Kier molecular flexibility index (Phi) is 5.14.